The summed E-state index contributed by atoms with van der Waals surface area (Å²) in [6.07, 6.45) is -7.87. The molecule has 4 aromatic rings. The fourth-order valence-electron chi connectivity index (χ4n) is 5.39. The lowest BCUT2D eigenvalue weighted by atomic mass is 10.1. The number of H-pyrrole nitrogens is 1. The first-order chi connectivity index (χ1) is 21.3. The number of aliphatic hydroxyl groups excluding tert-OH is 2. The van der Waals surface area contributed by atoms with Gasteiger partial charge < -0.3 is 44.7 Å². The maximum absolute atomic E-state index is 13.1. The van der Waals surface area contributed by atoms with E-state index in [4.69, 9.17) is 45.1 Å². The fourth-order valence-corrected chi connectivity index (χ4v) is 7.77. The zero-order valence-electron chi connectivity index (χ0n) is 22.8. The summed E-state index contributed by atoms with van der Waals surface area (Å²) in [6.45, 7) is -4.05. The number of ether oxygens (including phenoxy) is 2. The average molecular weight is 689 g/mol. The third kappa shape index (κ3) is 5.50. The quantitative estimate of drug-likeness (QED) is 0.131. The van der Waals surface area contributed by atoms with Gasteiger partial charge >= 0.3 is 14.5 Å². The first-order valence-corrected chi connectivity index (χ1v) is 17.3. The molecule has 3 fully saturated rings. The van der Waals surface area contributed by atoms with Crippen LogP contribution >= 0.6 is 14.5 Å². The van der Waals surface area contributed by atoms with Gasteiger partial charge in [-0.1, -0.05) is 0 Å². The molecule has 45 heavy (non-hydrogen) atoms. The molecule has 3 aliphatic heterocycles. The molecule has 7 rings (SSSR count). The predicted molar refractivity (Wildman–Crippen MR) is 150 cm³/mol. The third-order valence-electron chi connectivity index (χ3n) is 7.42. The second-order valence-corrected chi connectivity index (χ2v) is 14.5. The maximum Gasteiger partial charge on any atom is 0.472 e. The van der Waals surface area contributed by atoms with Crippen LogP contribution in [0, 0.1) is 6.92 Å². The smallest absolute Gasteiger partial charge is 0.387 e. The van der Waals surface area contributed by atoms with Crippen molar-refractivity contribution in [2.75, 3.05) is 18.9 Å². The molecule has 2 bridgehead atoms. The number of rotatable bonds is 2. The standard InChI is InChI=1S/C21H25N9O12P2S/c1-7-27-18-11(19(33)28-7)26-6-30(18)21-15-12(31)8(39-21)2-37-43(34,35)41-14-9(3-38-44(36,45)42-15)40-20(13(14)32)29-5-25-10-16(22)23-4-24-17(10)29/h4-6,8-9,12-15,20-21,31-32H,2-3H2,1H3,(H,34,35)(H,36,45)(H2,22,23,24)(H,27,28,33)/t8-,9-,12?,13?,14+,15+,20-,21-,44?/m1/s1. The first kappa shape index (κ1) is 30.8. The van der Waals surface area contributed by atoms with Gasteiger partial charge in [0.2, 0.25) is 0 Å². The molecule has 3 aliphatic rings. The summed E-state index contributed by atoms with van der Waals surface area (Å²) in [5, 5.41) is 22.3. The van der Waals surface area contributed by atoms with Crippen LogP contribution in [0.4, 0.5) is 5.82 Å². The van der Waals surface area contributed by atoms with Gasteiger partial charge in [-0.3, -0.25) is 27.5 Å². The third-order valence-corrected chi connectivity index (χ3v) is 9.97. The molecule has 0 aliphatic carbocycles. The van der Waals surface area contributed by atoms with Crippen molar-refractivity contribution in [2.45, 2.75) is 56.0 Å². The van der Waals surface area contributed by atoms with Crippen LogP contribution in [0.5, 0.6) is 0 Å². The SMILES string of the molecule is Cc1nc2c(ncn2[C@@H]2O[C@@H]3COP(=O)(O)O[C@@H]4C(O)[C@H](n5cnc6c(N)ncnc65)O[C@@H]4COP(O)(=S)O[C@H]2C3O)c(=O)[nH]1. The minimum atomic E-state index is -5.00. The van der Waals surface area contributed by atoms with Gasteiger partial charge in [-0.25, -0.2) is 29.5 Å². The average Bonchev–Trinajstić information content (AvgIpc) is 3.72. The zero-order valence-corrected chi connectivity index (χ0v) is 25.4. The molecule has 7 heterocycles. The molecule has 0 spiro atoms. The van der Waals surface area contributed by atoms with Gasteiger partial charge in [0.05, 0.1) is 25.9 Å². The highest BCUT2D eigenvalue weighted by Gasteiger charge is 2.53. The number of imidazole rings is 2. The van der Waals surface area contributed by atoms with E-state index in [0.29, 0.717) is 0 Å². The summed E-state index contributed by atoms with van der Waals surface area (Å²) in [5.74, 6) is 0.325. The molecule has 10 atom stereocenters. The van der Waals surface area contributed by atoms with Crippen molar-refractivity contribution in [3.8, 4) is 0 Å². The van der Waals surface area contributed by atoms with Gasteiger partial charge in [0.25, 0.3) is 5.56 Å². The van der Waals surface area contributed by atoms with Crippen molar-refractivity contribution in [1.29, 1.82) is 0 Å². The van der Waals surface area contributed by atoms with Crippen LogP contribution in [0.25, 0.3) is 22.3 Å². The molecule has 3 saturated heterocycles. The lowest BCUT2D eigenvalue weighted by Crippen LogP contribution is -2.36. The summed E-state index contributed by atoms with van der Waals surface area (Å²) in [7, 11) is -5.00. The predicted octanol–water partition coefficient (Wildman–Crippen LogP) is -1.50. The van der Waals surface area contributed by atoms with Crippen molar-refractivity contribution in [1.82, 2.24) is 39.0 Å². The van der Waals surface area contributed by atoms with E-state index in [9.17, 15) is 29.4 Å². The summed E-state index contributed by atoms with van der Waals surface area (Å²) in [6, 6.07) is 0. The Labute approximate surface area is 255 Å². The van der Waals surface area contributed by atoms with E-state index < -0.39 is 82.4 Å². The maximum atomic E-state index is 13.1. The lowest BCUT2D eigenvalue weighted by molar-refractivity contribution is -0.0636. The number of aryl methyl sites for hydroxylation is 1. The van der Waals surface area contributed by atoms with Crippen molar-refractivity contribution in [3.05, 3.63) is 35.2 Å². The molecule has 0 aromatic carbocycles. The number of hydrogen-bond donors (Lipinski definition) is 6. The van der Waals surface area contributed by atoms with Gasteiger partial charge in [0, 0.05) is 0 Å². The Kier molecular flexibility index (Phi) is 7.64. The molecular formula is C21H25N9O12P2S. The largest absolute Gasteiger partial charge is 0.472 e. The lowest BCUT2D eigenvalue weighted by Gasteiger charge is -2.27. The first-order valence-electron chi connectivity index (χ1n) is 13.2. The molecule has 0 amide bonds. The summed E-state index contributed by atoms with van der Waals surface area (Å²) in [4.78, 5) is 57.1. The van der Waals surface area contributed by atoms with E-state index >= 15 is 0 Å². The van der Waals surface area contributed by atoms with Crippen molar-refractivity contribution >= 4 is 54.5 Å². The Bertz CT molecular complexity index is 1940. The summed E-state index contributed by atoms with van der Waals surface area (Å²) < 4.78 is 49.3. The number of aliphatic hydroxyl groups is 2. The van der Waals surface area contributed by atoms with Gasteiger partial charge in [-0.2, -0.15) is 0 Å². The highest BCUT2D eigenvalue weighted by atomic mass is 32.5. The Morgan fingerprint density at radius 3 is 2.40 bits per heavy atom. The molecule has 0 saturated carbocycles. The molecule has 242 valence electrons. The van der Waals surface area contributed by atoms with Crippen LogP contribution in [0.2, 0.25) is 0 Å². The number of anilines is 1. The number of nitrogens with one attached hydrogen (secondary N) is 1. The Hall–Kier alpha value is -2.82. The molecule has 21 nitrogen and oxygen atoms in total. The Balaban J connectivity index is 1.21. The minimum absolute atomic E-state index is 0.0446. The monoisotopic (exact) mass is 689 g/mol. The summed E-state index contributed by atoms with van der Waals surface area (Å²) in [5.41, 5.74) is 5.75. The number of aromatic nitrogens is 8. The number of nitrogens with zero attached hydrogens (tertiary/aromatic N) is 7. The molecular weight excluding hydrogens is 664 g/mol. The van der Waals surface area contributed by atoms with Crippen molar-refractivity contribution in [3.63, 3.8) is 0 Å². The van der Waals surface area contributed by atoms with Crippen LogP contribution in [0.1, 0.15) is 18.3 Å². The van der Waals surface area contributed by atoms with Crippen LogP contribution in [0.3, 0.4) is 0 Å². The number of fused-ring (bicyclic) bond motifs is 5. The molecule has 24 heteroatoms. The van der Waals surface area contributed by atoms with Crippen LogP contribution < -0.4 is 11.3 Å². The number of phosphoric acid groups is 1. The molecule has 4 unspecified atom stereocenters. The van der Waals surface area contributed by atoms with E-state index in [1.165, 1.54) is 28.1 Å². The van der Waals surface area contributed by atoms with E-state index in [1.54, 1.807) is 6.92 Å². The Morgan fingerprint density at radius 1 is 0.933 bits per heavy atom. The fraction of sp³-hybridized carbons (Fsp3) is 0.524. The normalized spacial score (nSPS) is 37.7. The second kappa shape index (κ2) is 11.2. The van der Waals surface area contributed by atoms with Gasteiger partial charge in [-0.15, -0.1) is 0 Å². The zero-order chi connectivity index (χ0) is 31.8. The van der Waals surface area contributed by atoms with Gasteiger partial charge in [0.1, 0.15) is 54.3 Å². The van der Waals surface area contributed by atoms with Gasteiger partial charge in [-0.05, 0) is 18.7 Å². The summed E-state index contributed by atoms with van der Waals surface area (Å²) >= 11 is 5.23. The minimum Gasteiger partial charge on any atom is -0.387 e. The number of nitrogen functional groups attached to an aromatic ring is 1. The molecule has 7 N–H and O–H groups in total. The van der Waals surface area contributed by atoms with Crippen LogP contribution in [-0.2, 0) is 43.9 Å². The van der Waals surface area contributed by atoms with Crippen LogP contribution in [-0.4, -0.2) is 109 Å². The molecule has 4 aromatic heterocycles. The highest BCUT2D eigenvalue weighted by Crippen LogP contribution is 2.53. The number of phosphoric ester groups is 1. The number of aromatic amines is 1. The van der Waals surface area contributed by atoms with E-state index in [-0.39, 0.29) is 34.0 Å². The van der Waals surface area contributed by atoms with Crippen molar-refractivity contribution < 1.29 is 52.1 Å². The Morgan fingerprint density at radius 2 is 1.62 bits per heavy atom. The molecule has 0 radical (unpaired) electrons. The van der Waals surface area contributed by atoms with Crippen LogP contribution in [0.15, 0.2) is 23.8 Å². The van der Waals surface area contributed by atoms with E-state index in [1.807, 2.05) is 0 Å². The topological polar surface area (TPSA) is 287 Å². The van der Waals surface area contributed by atoms with Gasteiger partial charge in [0.15, 0.2) is 35.1 Å². The van der Waals surface area contributed by atoms with E-state index in [2.05, 4.69) is 29.9 Å². The van der Waals surface area contributed by atoms with Crippen molar-refractivity contribution in [2.24, 2.45) is 0 Å². The highest BCUT2D eigenvalue weighted by molar-refractivity contribution is 8.07. The second-order valence-electron chi connectivity index (χ2n) is 10.3. The number of hydrogen-bond acceptors (Lipinski definition) is 17. The van der Waals surface area contributed by atoms with E-state index in [0.717, 1.165) is 0 Å². The number of nitrogens with two attached hydrogens (primary N) is 1.